The van der Waals surface area contributed by atoms with E-state index >= 15 is 0 Å². The summed E-state index contributed by atoms with van der Waals surface area (Å²) in [5, 5.41) is 0. The number of benzene rings is 1. The van der Waals surface area contributed by atoms with Gasteiger partial charge in [-0.25, -0.2) is 0 Å². The summed E-state index contributed by atoms with van der Waals surface area (Å²) in [5.41, 5.74) is 1.15. The summed E-state index contributed by atoms with van der Waals surface area (Å²) in [4.78, 5) is 0. The average Bonchev–Trinajstić information content (AvgIpc) is 2.88. The number of nitrogens with zero attached hydrogens (tertiary/aromatic N) is 1. The molecule has 21 heavy (non-hydrogen) atoms. The molecule has 0 bridgehead atoms. The Bertz CT molecular complexity index is 578. The summed E-state index contributed by atoms with van der Waals surface area (Å²) in [6, 6.07) is 7.86. The summed E-state index contributed by atoms with van der Waals surface area (Å²) in [5.74, 6) is 1.30. The molecule has 0 amide bonds. The second-order valence-electron chi connectivity index (χ2n) is 6.01. The number of hydrogen-bond acceptors (Lipinski definition) is 3. The van der Waals surface area contributed by atoms with Crippen LogP contribution < -0.4 is 9.46 Å². The second-order valence-corrected chi connectivity index (χ2v) is 7.77. The van der Waals surface area contributed by atoms with E-state index in [2.05, 4.69) is 11.6 Å². The first-order chi connectivity index (χ1) is 10.0. The fraction of sp³-hybridized carbons (Fsp3) is 0.600. The van der Waals surface area contributed by atoms with E-state index in [1.807, 2.05) is 24.3 Å². The molecule has 3 rings (SSSR count). The van der Waals surface area contributed by atoms with E-state index in [9.17, 15) is 8.42 Å². The van der Waals surface area contributed by atoms with E-state index in [0.29, 0.717) is 25.6 Å². The molecule has 0 aromatic heterocycles. The Morgan fingerprint density at radius 3 is 2.95 bits per heavy atom. The minimum absolute atomic E-state index is 0.112. The number of ether oxygens (including phenoxy) is 1. The molecule has 2 atom stereocenters. The maximum absolute atomic E-state index is 12.3. The van der Waals surface area contributed by atoms with Crippen molar-refractivity contribution in [3.05, 3.63) is 29.8 Å². The minimum atomic E-state index is -3.39. The standard InChI is InChI=1S/C15H22N2O3S/c1-12-5-4-8-17(11-12)21(18,19)16-10-14-9-13-6-2-3-7-15(13)20-14/h2-3,6-7,12,14,16H,4-5,8-11H2,1H3/t12-,14-/m1/s1. The third kappa shape index (κ3) is 3.39. The SMILES string of the molecule is C[C@@H]1CCCN(S(=O)(=O)NC[C@H]2Cc3ccccc3O2)C1. The van der Waals surface area contributed by atoms with Gasteiger partial charge in [-0.1, -0.05) is 25.1 Å². The molecular weight excluding hydrogens is 288 g/mol. The maximum Gasteiger partial charge on any atom is 0.279 e. The number of fused-ring (bicyclic) bond motifs is 1. The molecule has 2 heterocycles. The Labute approximate surface area is 126 Å². The molecule has 5 nitrogen and oxygen atoms in total. The van der Waals surface area contributed by atoms with E-state index in [1.54, 1.807) is 4.31 Å². The molecule has 0 saturated carbocycles. The number of para-hydroxylation sites is 1. The number of piperidine rings is 1. The van der Waals surface area contributed by atoms with E-state index in [1.165, 1.54) is 0 Å². The van der Waals surface area contributed by atoms with Gasteiger partial charge in [-0.3, -0.25) is 0 Å². The van der Waals surface area contributed by atoms with Crippen LogP contribution in [-0.2, 0) is 16.6 Å². The number of nitrogens with one attached hydrogen (secondary N) is 1. The van der Waals surface area contributed by atoms with Crippen LogP contribution in [0, 0.1) is 5.92 Å². The molecule has 0 unspecified atom stereocenters. The van der Waals surface area contributed by atoms with Crippen LogP contribution in [0.15, 0.2) is 24.3 Å². The Hall–Kier alpha value is -1.11. The lowest BCUT2D eigenvalue weighted by Gasteiger charge is -2.30. The first-order valence-electron chi connectivity index (χ1n) is 7.54. The predicted octanol–water partition coefficient (Wildman–Crippen LogP) is 1.56. The van der Waals surface area contributed by atoms with Gasteiger partial charge < -0.3 is 4.74 Å². The van der Waals surface area contributed by atoms with E-state index in [4.69, 9.17) is 4.74 Å². The van der Waals surface area contributed by atoms with Crippen LogP contribution in [0.3, 0.4) is 0 Å². The van der Waals surface area contributed by atoms with Crippen LogP contribution in [-0.4, -0.2) is 38.5 Å². The Kier molecular flexibility index (Phi) is 4.19. The Balaban J connectivity index is 1.56. The Morgan fingerprint density at radius 2 is 2.19 bits per heavy atom. The van der Waals surface area contributed by atoms with Crippen LogP contribution in [0.2, 0.25) is 0 Å². The van der Waals surface area contributed by atoms with Gasteiger partial charge in [0.1, 0.15) is 11.9 Å². The smallest absolute Gasteiger partial charge is 0.279 e. The van der Waals surface area contributed by atoms with Crippen molar-refractivity contribution in [2.24, 2.45) is 5.92 Å². The molecule has 1 fully saturated rings. The van der Waals surface area contributed by atoms with Gasteiger partial charge in [0.25, 0.3) is 10.2 Å². The molecule has 1 aromatic carbocycles. The molecule has 116 valence electrons. The van der Waals surface area contributed by atoms with E-state index in [-0.39, 0.29) is 6.10 Å². The van der Waals surface area contributed by atoms with Gasteiger partial charge in [0, 0.05) is 26.1 Å². The largest absolute Gasteiger partial charge is 0.488 e. The molecular formula is C15H22N2O3S. The van der Waals surface area contributed by atoms with Crippen LogP contribution >= 0.6 is 0 Å². The van der Waals surface area contributed by atoms with Crippen molar-refractivity contribution in [1.82, 2.24) is 9.03 Å². The van der Waals surface area contributed by atoms with Gasteiger partial charge in [-0.05, 0) is 30.4 Å². The molecule has 6 heteroatoms. The normalized spacial score (nSPS) is 26.3. The molecule has 1 saturated heterocycles. The van der Waals surface area contributed by atoms with E-state index in [0.717, 1.165) is 30.6 Å². The van der Waals surface area contributed by atoms with Gasteiger partial charge in [0.05, 0.1) is 0 Å². The van der Waals surface area contributed by atoms with Crippen LogP contribution in [0.4, 0.5) is 0 Å². The third-order valence-corrected chi connectivity index (χ3v) is 5.71. The molecule has 1 N–H and O–H groups in total. The van der Waals surface area contributed by atoms with Gasteiger partial charge in [0.15, 0.2) is 0 Å². The fourth-order valence-electron chi connectivity index (χ4n) is 3.02. The van der Waals surface area contributed by atoms with Crippen molar-refractivity contribution >= 4 is 10.2 Å². The van der Waals surface area contributed by atoms with Crippen molar-refractivity contribution in [1.29, 1.82) is 0 Å². The lowest BCUT2D eigenvalue weighted by molar-refractivity contribution is 0.231. The fourth-order valence-corrected chi connectivity index (χ4v) is 4.42. The molecule has 0 radical (unpaired) electrons. The van der Waals surface area contributed by atoms with Crippen LogP contribution in [0.1, 0.15) is 25.3 Å². The van der Waals surface area contributed by atoms with Gasteiger partial charge >= 0.3 is 0 Å². The predicted molar refractivity (Wildman–Crippen MR) is 81.5 cm³/mol. The maximum atomic E-state index is 12.3. The van der Waals surface area contributed by atoms with Crippen molar-refractivity contribution in [2.45, 2.75) is 32.3 Å². The number of hydrogen-bond donors (Lipinski definition) is 1. The molecule has 2 aliphatic rings. The average molecular weight is 310 g/mol. The van der Waals surface area contributed by atoms with Crippen LogP contribution in [0.25, 0.3) is 0 Å². The highest BCUT2D eigenvalue weighted by atomic mass is 32.2. The molecule has 2 aliphatic heterocycles. The monoisotopic (exact) mass is 310 g/mol. The minimum Gasteiger partial charge on any atom is -0.488 e. The highest BCUT2D eigenvalue weighted by Gasteiger charge is 2.29. The summed E-state index contributed by atoms with van der Waals surface area (Å²) >= 11 is 0. The zero-order chi connectivity index (χ0) is 14.9. The molecule has 0 spiro atoms. The number of rotatable bonds is 4. The summed E-state index contributed by atoms with van der Waals surface area (Å²) in [6.07, 6.45) is 2.69. The van der Waals surface area contributed by atoms with Crippen molar-refractivity contribution < 1.29 is 13.2 Å². The first kappa shape index (κ1) is 14.8. The van der Waals surface area contributed by atoms with Crippen molar-refractivity contribution in [3.63, 3.8) is 0 Å². The topological polar surface area (TPSA) is 58.6 Å². The lowest BCUT2D eigenvalue weighted by Crippen LogP contribution is -2.47. The molecule has 1 aromatic rings. The van der Waals surface area contributed by atoms with Gasteiger partial charge in [0.2, 0.25) is 0 Å². The second kappa shape index (κ2) is 5.94. The Morgan fingerprint density at radius 1 is 1.38 bits per heavy atom. The first-order valence-corrected chi connectivity index (χ1v) is 8.98. The third-order valence-electron chi connectivity index (χ3n) is 4.17. The summed E-state index contributed by atoms with van der Waals surface area (Å²) in [7, 11) is -3.39. The zero-order valence-corrected chi connectivity index (χ0v) is 13.1. The highest BCUT2D eigenvalue weighted by Crippen LogP contribution is 2.28. The van der Waals surface area contributed by atoms with Crippen LogP contribution in [0.5, 0.6) is 5.75 Å². The van der Waals surface area contributed by atoms with Crippen molar-refractivity contribution in [2.75, 3.05) is 19.6 Å². The summed E-state index contributed by atoms with van der Waals surface area (Å²) < 4.78 is 34.7. The zero-order valence-electron chi connectivity index (χ0n) is 12.3. The summed E-state index contributed by atoms with van der Waals surface area (Å²) in [6.45, 7) is 3.65. The quantitative estimate of drug-likeness (QED) is 0.918. The lowest BCUT2D eigenvalue weighted by atomic mass is 10.0. The molecule has 0 aliphatic carbocycles. The van der Waals surface area contributed by atoms with E-state index < -0.39 is 10.2 Å². The van der Waals surface area contributed by atoms with Gasteiger partial charge in [-0.2, -0.15) is 17.4 Å². The highest BCUT2D eigenvalue weighted by molar-refractivity contribution is 7.87. The van der Waals surface area contributed by atoms with Gasteiger partial charge in [-0.15, -0.1) is 0 Å². The van der Waals surface area contributed by atoms with Crippen molar-refractivity contribution in [3.8, 4) is 5.75 Å².